The van der Waals surface area contributed by atoms with Crippen LogP contribution in [0.4, 0.5) is 11.6 Å². The Labute approximate surface area is 117 Å². The van der Waals surface area contributed by atoms with Crippen molar-refractivity contribution < 1.29 is 5.11 Å². The second kappa shape index (κ2) is 5.95. The standard InChI is InChI=1S/C12H17Cl2N3O/c13-9-6-10(14)12(16-11(9)15)17-4-1-2-8(7-17)3-5-18/h6,8,18H,1-5,7H2,(H2,15,16). The highest BCUT2D eigenvalue weighted by molar-refractivity contribution is 6.37. The minimum atomic E-state index is 0.225. The summed E-state index contributed by atoms with van der Waals surface area (Å²) in [6.45, 7) is 1.99. The van der Waals surface area contributed by atoms with E-state index in [1.807, 2.05) is 0 Å². The van der Waals surface area contributed by atoms with Crippen molar-refractivity contribution >= 4 is 34.8 Å². The molecule has 1 fully saturated rings. The van der Waals surface area contributed by atoms with E-state index < -0.39 is 0 Å². The van der Waals surface area contributed by atoms with E-state index in [2.05, 4.69) is 9.88 Å². The first-order chi connectivity index (χ1) is 8.61. The molecule has 1 atom stereocenters. The number of aliphatic hydroxyl groups is 1. The number of nitrogens with two attached hydrogens (primary N) is 1. The van der Waals surface area contributed by atoms with Crippen LogP contribution in [0, 0.1) is 5.92 Å². The maximum Gasteiger partial charge on any atom is 0.149 e. The van der Waals surface area contributed by atoms with Crippen molar-refractivity contribution in [1.29, 1.82) is 0 Å². The number of rotatable bonds is 3. The number of nitrogens with zero attached hydrogens (tertiary/aromatic N) is 2. The number of aliphatic hydroxyl groups excluding tert-OH is 1. The summed E-state index contributed by atoms with van der Waals surface area (Å²) in [4.78, 5) is 6.39. The van der Waals surface area contributed by atoms with Gasteiger partial charge in [0.25, 0.3) is 0 Å². The van der Waals surface area contributed by atoms with Crippen LogP contribution in [0.2, 0.25) is 10.0 Å². The number of piperidine rings is 1. The Morgan fingerprint density at radius 2 is 2.22 bits per heavy atom. The third kappa shape index (κ3) is 2.99. The molecule has 0 aliphatic carbocycles. The molecule has 0 aromatic carbocycles. The highest BCUT2D eigenvalue weighted by atomic mass is 35.5. The van der Waals surface area contributed by atoms with Crippen LogP contribution in [0.15, 0.2) is 6.07 Å². The van der Waals surface area contributed by atoms with Crippen molar-refractivity contribution in [3.05, 3.63) is 16.1 Å². The topological polar surface area (TPSA) is 62.4 Å². The Morgan fingerprint density at radius 3 is 2.94 bits per heavy atom. The molecule has 0 saturated carbocycles. The van der Waals surface area contributed by atoms with Crippen molar-refractivity contribution in [3.8, 4) is 0 Å². The summed E-state index contributed by atoms with van der Waals surface area (Å²) >= 11 is 12.0. The fourth-order valence-corrected chi connectivity index (χ4v) is 2.85. The van der Waals surface area contributed by atoms with Gasteiger partial charge in [-0.05, 0) is 31.2 Å². The molecule has 0 bridgehead atoms. The summed E-state index contributed by atoms with van der Waals surface area (Å²) in [5.74, 6) is 1.49. The average Bonchev–Trinajstić information content (AvgIpc) is 2.34. The second-order valence-electron chi connectivity index (χ2n) is 4.63. The molecule has 0 amide bonds. The minimum Gasteiger partial charge on any atom is -0.396 e. The lowest BCUT2D eigenvalue weighted by Crippen LogP contribution is -2.36. The molecule has 1 aromatic rings. The first kappa shape index (κ1) is 13.7. The van der Waals surface area contributed by atoms with Crippen LogP contribution < -0.4 is 10.6 Å². The Balaban J connectivity index is 2.18. The Kier molecular flexibility index (Phi) is 4.54. The highest BCUT2D eigenvalue weighted by Gasteiger charge is 2.22. The summed E-state index contributed by atoms with van der Waals surface area (Å²) in [7, 11) is 0. The van der Waals surface area contributed by atoms with Crippen LogP contribution in [-0.4, -0.2) is 29.8 Å². The molecule has 100 valence electrons. The third-order valence-electron chi connectivity index (χ3n) is 3.29. The lowest BCUT2D eigenvalue weighted by Gasteiger charge is -2.34. The van der Waals surface area contributed by atoms with Gasteiger partial charge >= 0.3 is 0 Å². The number of nitrogen functional groups attached to an aromatic ring is 1. The lowest BCUT2D eigenvalue weighted by atomic mass is 9.95. The molecule has 2 rings (SSSR count). The van der Waals surface area contributed by atoms with E-state index in [4.69, 9.17) is 34.0 Å². The quantitative estimate of drug-likeness (QED) is 0.898. The molecule has 2 heterocycles. The van der Waals surface area contributed by atoms with Gasteiger partial charge in [0.2, 0.25) is 0 Å². The molecule has 0 spiro atoms. The summed E-state index contributed by atoms with van der Waals surface area (Å²) in [5, 5.41) is 9.92. The number of aromatic nitrogens is 1. The number of anilines is 2. The zero-order valence-corrected chi connectivity index (χ0v) is 11.6. The van der Waals surface area contributed by atoms with Crippen molar-refractivity contribution in [3.63, 3.8) is 0 Å². The summed E-state index contributed by atoms with van der Waals surface area (Å²) in [6, 6.07) is 1.64. The third-order valence-corrected chi connectivity index (χ3v) is 3.87. The maximum absolute atomic E-state index is 9.01. The summed E-state index contributed by atoms with van der Waals surface area (Å²) < 4.78 is 0. The largest absolute Gasteiger partial charge is 0.396 e. The van der Waals surface area contributed by atoms with Crippen LogP contribution in [0.3, 0.4) is 0 Å². The van der Waals surface area contributed by atoms with Crippen LogP contribution >= 0.6 is 23.2 Å². The fraction of sp³-hybridized carbons (Fsp3) is 0.583. The zero-order valence-electron chi connectivity index (χ0n) is 10.1. The highest BCUT2D eigenvalue weighted by Crippen LogP contribution is 2.32. The van der Waals surface area contributed by atoms with Gasteiger partial charge in [0.15, 0.2) is 0 Å². The lowest BCUT2D eigenvalue weighted by molar-refractivity contribution is 0.244. The van der Waals surface area contributed by atoms with E-state index in [0.717, 1.165) is 32.4 Å². The molecule has 0 radical (unpaired) electrons. The number of hydrogen-bond donors (Lipinski definition) is 2. The molecule has 6 heteroatoms. The maximum atomic E-state index is 9.01. The molecular weight excluding hydrogens is 273 g/mol. The SMILES string of the molecule is Nc1nc(N2CCCC(CCO)C2)c(Cl)cc1Cl. The molecule has 4 nitrogen and oxygen atoms in total. The molecule has 18 heavy (non-hydrogen) atoms. The first-order valence-corrected chi connectivity index (χ1v) is 6.84. The number of halogens is 2. The zero-order chi connectivity index (χ0) is 13.1. The fourth-order valence-electron chi connectivity index (χ4n) is 2.37. The van der Waals surface area contributed by atoms with Crippen LogP contribution in [0.5, 0.6) is 0 Å². The van der Waals surface area contributed by atoms with Gasteiger partial charge in [0, 0.05) is 19.7 Å². The second-order valence-corrected chi connectivity index (χ2v) is 5.44. The van der Waals surface area contributed by atoms with Crippen LogP contribution in [-0.2, 0) is 0 Å². The smallest absolute Gasteiger partial charge is 0.149 e. The van der Waals surface area contributed by atoms with Crippen LogP contribution in [0.25, 0.3) is 0 Å². The summed E-state index contributed by atoms with van der Waals surface area (Å²) in [5.41, 5.74) is 5.72. The van der Waals surface area contributed by atoms with Gasteiger partial charge in [-0.25, -0.2) is 4.98 Å². The van der Waals surface area contributed by atoms with Crippen molar-refractivity contribution in [2.75, 3.05) is 30.3 Å². The van der Waals surface area contributed by atoms with Crippen molar-refractivity contribution in [2.24, 2.45) is 5.92 Å². The molecular formula is C12H17Cl2N3O. The van der Waals surface area contributed by atoms with Crippen LogP contribution in [0.1, 0.15) is 19.3 Å². The monoisotopic (exact) mass is 289 g/mol. The van der Waals surface area contributed by atoms with Crippen molar-refractivity contribution in [1.82, 2.24) is 4.98 Å². The predicted molar refractivity (Wildman–Crippen MR) is 75.3 cm³/mol. The van der Waals surface area contributed by atoms with Crippen molar-refractivity contribution in [2.45, 2.75) is 19.3 Å². The molecule has 1 aromatic heterocycles. The van der Waals surface area contributed by atoms with E-state index in [1.165, 1.54) is 0 Å². The van der Waals surface area contributed by atoms with E-state index >= 15 is 0 Å². The van der Waals surface area contributed by atoms with E-state index in [0.29, 0.717) is 27.6 Å². The Hall–Kier alpha value is -0.710. The first-order valence-electron chi connectivity index (χ1n) is 6.09. The van der Waals surface area contributed by atoms with Gasteiger partial charge in [-0.15, -0.1) is 0 Å². The molecule has 1 saturated heterocycles. The van der Waals surface area contributed by atoms with Gasteiger partial charge in [0.05, 0.1) is 10.0 Å². The Morgan fingerprint density at radius 1 is 1.44 bits per heavy atom. The van der Waals surface area contributed by atoms with E-state index in [1.54, 1.807) is 6.07 Å². The van der Waals surface area contributed by atoms with E-state index in [9.17, 15) is 0 Å². The van der Waals surface area contributed by atoms with Gasteiger partial charge in [-0.1, -0.05) is 23.2 Å². The molecule has 3 N–H and O–H groups in total. The predicted octanol–water partition coefficient (Wildman–Crippen LogP) is 2.57. The number of hydrogen-bond acceptors (Lipinski definition) is 4. The molecule has 1 aliphatic rings. The van der Waals surface area contributed by atoms with Gasteiger partial charge in [-0.2, -0.15) is 0 Å². The van der Waals surface area contributed by atoms with E-state index in [-0.39, 0.29) is 6.61 Å². The molecule has 1 unspecified atom stereocenters. The average molecular weight is 290 g/mol. The normalized spacial score (nSPS) is 20.2. The summed E-state index contributed by atoms with van der Waals surface area (Å²) in [6.07, 6.45) is 3.03. The number of pyridine rings is 1. The minimum absolute atomic E-state index is 0.225. The Bertz CT molecular complexity index is 426. The van der Waals surface area contributed by atoms with Gasteiger partial charge in [-0.3, -0.25) is 0 Å². The molecule has 1 aliphatic heterocycles. The van der Waals surface area contributed by atoms with Gasteiger partial charge < -0.3 is 15.7 Å². The van der Waals surface area contributed by atoms with Gasteiger partial charge in [0.1, 0.15) is 11.6 Å².